The molecule has 6 heteroatoms. The molecule has 3 aromatic rings. The van der Waals surface area contributed by atoms with Crippen LogP contribution in [0.25, 0.3) is 11.0 Å². The number of hydrogen-bond acceptors (Lipinski definition) is 3. The average Bonchev–Trinajstić information content (AvgIpc) is 3.04. The quantitative estimate of drug-likeness (QED) is 0.385. The molecule has 0 spiro atoms. The van der Waals surface area contributed by atoms with Crippen molar-refractivity contribution < 1.29 is 9.53 Å². The van der Waals surface area contributed by atoms with Crippen molar-refractivity contribution in [1.82, 2.24) is 14.9 Å². The van der Waals surface area contributed by atoms with Crippen molar-refractivity contribution in [2.75, 3.05) is 13.2 Å². The molecule has 0 radical (unpaired) electrons. The van der Waals surface area contributed by atoms with E-state index in [0.717, 1.165) is 62.3 Å². The van der Waals surface area contributed by atoms with Gasteiger partial charge in [-0.3, -0.25) is 4.79 Å². The van der Waals surface area contributed by atoms with Crippen molar-refractivity contribution in [1.29, 1.82) is 0 Å². The second kappa shape index (κ2) is 11.3. The molecule has 0 bridgehead atoms. The van der Waals surface area contributed by atoms with Crippen LogP contribution in [-0.2, 0) is 17.8 Å². The van der Waals surface area contributed by atoms with Crippen molar-refractivity contribution in [3.8, 4) is 5.75 Å². The molecule has 150 valence electrons. The Kier molecular flexibility index (Phi) is 8.82. The topological polar surface area (TPSA) is 56.1 Å². The van der Waals surface area contributed by atoms with Gasteiger partial charge in [0.2, 0.25) is 6.41 Å². The van der Waals surface area contributed by atoms with Crippen molar-refractivity contribution in [2.45, 2.75) is 39.2 Å². The van der Waals surface area contributed by atoms with Gasteiger partial charge in [0.25, 0.3) is 0 Å². The number of fused-ring (bicyclic) bond motifs is 1. The summed E-state index contributed by atoms with van der Waals surface area (Å²) in [6.07, 6.45) is 4.52. The third kappa shape index (κ3) is 5.73. The lowest BCUT2D eigenvalue weighted by atomic mass is 10.2. The molecule has 1 amide bonds. The molecule has 1 N–H and O–H groups in total. The summed E-state index contributed by atoms with van der Waals surface area (Å²) in [5.74, 6) is 2.05. The van der Waals surface area contributed by atoms with Crippen molar-refractivity contribution in [3.63, 3.8) is 0 Å². The van der Waals surface area contributed by atoms with Crippen LogP contribution in [0.15, 0.2) is 48.5 Å². The Balaban J connectivity index is 0.00000280. The average molecular weight is 402 g/mol. The number of ether oxygens (including phenoxy) is 1. The smallest absolute Gasteiger partial charge is 0.207 e. The Morgan fingerprint density at radius 1 is 1.07 bits per heavy atom. The van der Waals surface area contributed by atoms with E-state index in [9.17, 15) is 4.79 Å². The molecule has 2 aromatic carbocycles. The number of nitrogens with zero attached hydrogens (tertiary/aromatic N) is 2. The summed E-state index contributed by atoms with van der Waals surface area (Å²) in [6, 6.07) is 16.4. The molecular weight excluding hydrogens is 374 g/mol. The molecule has 1 aromatic heterocycles. The van der Waals surface area contributed by atoms with Gasteiger partial charge in [-0.25, -0.2) is 4.98 Å². The predicted octanol–water partition coefficient (Wildman–Crippen LogP) is 4.30. The number of imidazole rings is 1. The Hall–Kier alpha value is -2.53. The molecule has 1 heterocycles. The number of para-hydroxylation sites is 3. The second-order valence-corrected chi connectivity index (χ2v) is 6.66. The SMILES string of the molecule is Cc1ccccc1OCCCCn1c(CCCNC=O)nc2ccccc21.Cl. The molecular formula is C22H28ClN3O2. The van der Waals surface area contributed by atoms with E-state index in [4.69, 9.17) is 9.72 Å². The van der Waals surface area contributed by atoms with Gasteiger partial charge in [-0.05, 0) is 49.9 Å². The fraction of sp³-hybridized carbons (Fsp3) is 0.364. The van der Waals surface area contributed by atoms with Crippen molar-refractivity contribution in [3.05, 3.63) is 59.9 Å². The number of carbonyl (C=O) groups is 1. The summed E-state index contributed by atoms with van der Waals surface area (Å²) in [5, 5.41) is 2.72. The van der Waals surface area contributed by atoms with Gasteiger partial charge in [-0.15, -0.1) is 12.4 Å². The third-order valence-electron chi connectivity index (χ3n) is 4.67. The number of rotatable bonds is 11. The lowest BCUT2D eigenvalue weighted by Gasteiger charge is -2.11. The number of nitrogens with one attached hydrogen (secondary N) is 1. The molecule has 0 aliphatic heterocycles. The minimum absolute atomic E-state index is 0. The Bertz CT molecular complexity index is 879. The Labute approximate surface area is 172 Å². The first-order valence-electron chi connectivity index (χ1n) is 9.59. The second-order valence-electron chi connectivity index (χ2n) is 6.66. The van der Waals surface area contributed by atoms with E-state index in [1.54, 1.807) is 0 Å². The Morgan fingerprint density at radius 3 is 2.68 bits per heavy atom. The summed E-state index contributed by atoms with van der Waals surface area (Å²) in [4.78, 5) is 15.2. The molecule has 0 aliphatic carbocycles. The largest absolute Gasteiger partial charge is 0.493 e. The molecule has 0 saturated carbocycles. The first-order chi connectivity index (χ1) is 13.3. The number of amides is 1. The summed E-state index contributed by atoms with van der Waals surface area (Å²) >= 11 is 0. The minimum Gasteiger partial charge on any atom is -0.493 e. The molecule has 0 atom stereocenters. The van der Waals surface area contributed by atoms with Gasteiger partial charge in [0.15, 0.2) is 0 Å². The third-order valence-corrected chi connectivity index (χ3v) is 4.67. The highest BCUT2D eigenvalue weighted by Gasteiger charge is 2.10. The number of carbonyl (C=O) groups excluding carboxylic acids is 1. The van der Waals surface area contributed by atoms with Gasteiger partial charge >= 0.3 is 0 Å². The highest BCUT2D eigenvalue weighted by Crippen LogP contribution is 2.19. The van der Waals surface area contributed by atoms with Crippen LogP contribution in [0.1, 0.15) is 30.7 Å². The highest BCUT2D eigenvalue weighted by atomic mass is 35.5. The van der Waals surface area contributed by atoms with Gasteiger partial charge in [0, 0.05) is 19.5 Å². The van der Waals surface area contributed by atoms with E-state index in [2.05, 4.69) is 41.1 Å². The maximum Gasteiger partial charge on any atom is 0.207 e. The van der Waals surface area contributed by atoms with E-state index < -0.39 is 0 Å². The van der Waals surface area contributed by atoms with E-state index in [1.165, 1.54) is 11.1 Å². The number of aromatic nitrogens is 2. The van der Waals surface area contributed by atoms with Crippen LogP contribution in [0, 0.1) is 6.92 Å². The summed E-state index contributed by atoms with van der Waals surface area (Å²) in [7, 11) is 0. The maximum absolute atomic E-state index is 10.4. The van der Waals surface area contributed by atoms with Crippen LogP contribution in [-0.4, -0.2) is 29.1 Å². The molecule has 28 heavy (non-hydrogen) atoms. The van der Waals surface area contributed by atoms with Gasteiger partial charge in [-0.2, -0.15) is 0 Å². The zero-order valence-corrected chi connectivity index (χ0v) is 17.1. The van der Waals surface area contributed by atoms with E-state index in [1.807, 2.05) is 24.3 Å². The van der Waals surface area contributed by atoms with Gasteiger partial charge in [0.1, 0.15) is 11.6 Å². The van der Waals surface area contributed by atoms with E-state index in [0.29, 0.717) is 6.54 Å². The molecule has 0 aliphatic rings. The highest BCUT2D eigenvalue weighted by molar-refractivity contribution is 5.85. The maximum atomic E-state index is 10.4. The first kappa shape index (κ1) is 21.8. The normalized spacial score (nSPS) is 10.5. The fourth-order valence-corrected chi connectivity index (χ4v) is 3.25. The lowest BCUT2D eigenvalue weighted by Crippen LogP contribution is -2.14. The van der Waals surface area contributed by atoms with Crippen LogP contribution >= 0.6 is 12.4 Å². The molecule has 0 fully saturated rings. The number of aryl methyl sites for hydroxylation is 3. The number of halogens is 1. The summed E-state index contributed by atoms with van der Waals surface area (Å²) in [5.41, 5.74) is 3.38. The number of hydrogen-bond donors (Lipinski definition) is 1. The summed E-state index contributed by atoms with van der Waals surface area (Å²) in [6.45, 7) is 4.39. The lowest BCUT2D eigenvalue weighted by molar-refractivity contribution is -0.109. The van der Waals surface area contributed by atoms with Gasteiger partial charge in [0.05, 0.1) is 17.6 Å². The van der Waals surface area contributed by atoms with Crippen LogP contribution in [0.3, 0.4) is 0 Å². The summed E-state index contributed by atoms with van der Waals surface area (Å²) < 4.78 is 8.21. The zero-order valence-electron chi connectivity index (χ0n) is 16.3. The first-order valence-corrected chi connectivity index (χ1v) is 9.59. The predicted molar refractivity (Wildman–Crippen MR) is 115 cm³/mol. The van der Waals surface area contributed by atoms with Gasteiger partial charge in [-0.1, -0.05) is 30.3 Å². The monoisotopic (exact) mass is 401 g/mol. The number of unbranched alkanes of at least 4 members (excludes halogenated alkanes) is 1. The van der Waals surface area contributed by atoms with Crippen molar-refractivity contribution >= 4 is 29.9 Å². The van der Waals surface area contributed by atoms with Gasteiger partial charge < -0.3 is 14.6 Å². The molecule has 0 saturated heterocycles. The van der Waals surface area contributed by atoms with Crippen LogP contribution in [0.2, 0.25) is 0 Å². The fourth-order valence-electron chi connectivity index (χ4n) is 3.25. The standard InChI is InChI=1S/C22H27N3O2.ClH/c1-18-9-2-5-12-21(18)27-16-7-6-15-25-20-11-4-3-10-19(20)24-22(25)13-8-14-23-17-26;/h2-5,9-12,17H,6-8,13-16H2,1H3,(H,23,26);1H. The Morgan fingerprint density at radius 2 is 1.86 bits per heavy atom. The van der Waals surface area contributed by atoms with Crippen LogP contribution < -0.4 is 10.1 Å². The number of benzene rings is 2. The van der Waals surface area contributed by atoms with Crippen molar-refractivity contribution in [2.24, 2.45) is 0 Å². The molecule has 5 nitrogen and oxygen atoms in total. The van der Waals surface area contributed by atoms with E-state index >= 15 is 0 Å². The van der Waals surface area contributed by atoms with Crippen LogP contribution in [0.5, 0.6) is 5.75 Å². The minimum atomic E-state index is 0. The zero-order chi connectivity index (χ0) is 18.9. The molecule has 3 rings (SSSR count). The molecule has 0 unspecified atom stereocenters. The van der Waals surface area contributed by atoms with Crippen LogP contribution in [0.4, 0.5) is 0 Å². The van der Waals surface area contributed by atoms with E-state index in [-0.39, 0.29) is 12.4 Å².